The molecule has 0 radical (unpaired) electrons. The van der Waals surface area contributed by atoms with Gasteiger partial charge in [-0.2, -0.15) is 0 Å². The summed E-state index contributed by atoms with van der Waals surface area (Å²) in [7, 11) is 0. The molecule has 1 fully saturated rings. The Morgan fingerprint density at radius 2 is 2.17 bits per heavy atom. The van der Waals surface area contributed by atoms with E-state index in [1.54, 1.807) is 11.1 Å². The van der Waals surface area contributed by atoms with Crippen LogP contribution in [0.2, 0.25) is 0 Å². The van der Waals surface area contributed by atoms with Crippen molar-refractivity contribution in [2.45, 2.75) is 38.2 Å². The highest BCUT2D eigenvalue weighted by Crippen LogP contribution is 2.34. The molecule has 1 heterocycles. The normalized spacial score (nSPS) is 29.9. The molecular weight excluding hydrogens is 222 g/mol. The first-order valence-electron chi connectivity index (χ1n) is 7.28. The van der Waals surface area contributed by atoms with Gasteiger partial charge in [-0.1, -0.05) is 31.2 Å². The van der Waals surface area contributed by atoms with Crippen molar-refractivity contribution < 1.29 is 4.74 Å². The summed E-state index contributed by atoms with van der Waals surface area (Å²) in [5.74, 6) is 1.47. The second kappa shape index (κ2) is 5.41. The van der Waals surface area contributed by atoms with Gasteiger partial charge in [0.2, 0.25) is 0 Å². The third-order valence-electron chi connectivity index (χ3n) is 4.51. The van der Waals surface area contributed by atoms with Crippen LogP contribution in [0.25, 0.3) is 0 Å². The monoisotopic (exact) mass is 245 g/mol. The predicted octanol–water partition coefficient (Wildman–Crippen LogP) is 2.73. The van der Waals surface area contributed by atoms with E-state index in [0.29, 0.717) is 6.10 Å². The van der Waals surface area contributed by atoms with Crippen LogP contribution in [0.1, 0.15) is 36.8 Å². The quantitative estimate of drug-likeness (QED) is 0.861. The van der Waals surface area contributed by atoms with E-state index in [4.69, 9.17) is 4.74 Å². The summed E-state index contributed by atoms with van der Waals surface area (Å²) in [5.41, 5.74) is 3.10. The highest BCUT2D eigenvalue weighted by atomic mass is 16.5. The van der Waals surface area contributed by atoms with Gasteiger partial charge < -0.3 is 10.1 Å². The van der Waals surface area contributed by atoms with Crippen molar-refractivity contribution in [1.82, 2.24) is 5.32 Å². The molecule has 1 aromatic rings. The van der Waals surface area contributed by atoms with Crippen molar-refractivity contribution in [1.29, 1.82) is 0 Å². The summed E-state index contributed by atoms with van der Waals surface area (Å²) >= 11 is 0. The summed E-state index contributed by atoms with van der Waals surface area (Å²) in [6.07, 6.45) is 4.12. The van der Waals surface area contributed by atoms with Crippen LogP contribution in [-0.4, -0.2) is 25.8 Å². The average molecular weight is 245 g/mol. The van der Waals surface area contributed by atoms with Crippen LogP contribution >= 0.6 is 0 Å². The van der Waals surface area contributed by atoms with E-state index in [1.165, 1.54) is 12.8 Å². The Bertz CT molecular complexity index is 404. The summed E-state index contributed by atoms with van der Waals surface area (Å²) in [6.45, 7) is 5.43. The van der Waals surface area contributed by atoms with Crippen LogP contribution < -0.4 is 5.32 Å². The van der Waals surface area contributed by atoms with Gasteiger partial charge in [0, 0.05) is 25.6 Å². The summed E-state index contributed by atoms with van der Waals surface area (Å²) in [4.78, 5) is 0. The van der Waals surface area contributed by atoms with Crippen LogP contribution in [0.3, 0.4) is 0 Å². The standard InChI is InChI=1S/C16H23NO/c1-2-16-13(7-8-18-16)10-17-11-14-9-12-5-3-4-6-15(12)14/h3-6,13-14,16-17H,2,7-11H2,1H3. The zero-order chi connectivity index (χ0) is 12.4. The second-order valence-electron chi connectivity index (χ2n) is 5.62. The molecule has 98 valence electrons. The number of hydrogen-bond acceptors (Lipinski definition) is 2. The predicted molar refractivity (Wildman–Crippen MR) is 73.9 cm³/mol. The molecule has 0 spiro atoms. The highest BCUT2D eigenvalue weighted by Gasteiger charge is 2.28. The third-order valence-corrected chi connectivity index (χ3v) is 4.51. The number of fused-ring (bicyclic) bond motifs is 1. The lowest BCUT2D eigenvalue weighted by molar-refractivity contribution is 0.0872. The molecule has 0 bridgehead atoms. The third kappa shape index (κ3) is 2.32. The Balaban J connectivity index is 1.44. The van der Waals surface area contributed by atoms with Crippen molar-refractivity contribution in [3.05, 3.63) is 35.4 Å². The van der Waals surface area contributed by atoms with Crippen LogP contribution in [0, 0.1) is 5.92 Å². The van der Waals surface area contributed by atoms with Gasteiger partial charge in [-0.3, -0.25) is 0 Å². The fourth-order valence-corrected chi connectivity index (χ4v) is 3.37. The van der Waals surface area contributed by atoms with Gasteiger partial charge in [-0.15, -0.1) is 0 Å². The first-order chi connectivity index (χ1) is 8.88. The smallest absolute Gasteiger partial charge is 0.0613 e. The number of nitrogens with one attached hydrogen (secondary N) is 1. The van der Waals surface area contributed by atoms with Crippen molar-refractivity contribution in [3.8, 4) is 0 Å². The number of ether oxygens (including phenoxy) is 1. The second-order valence-corrected chi connectivity index (χ2v) is 5.62. The molecule has 0 amide bonds. The van der Waals surface area contributed by atoms with E-state index in [2.05, 4.69) is 36.5 Å². The molecule has 18 heavy (non-hydrogen) atoms. The van der Waals surface area contributed by atoms with Crippen molar-refractivity contribution >= 4 is 0 Å². The number of rotatable bonds is 5. The number of hydrogen-bond donors (Lipinski definition) is 1. The topological polar surface area (TPSA) is 21.3 Å². The van der Waals surface area contributed by atoms with Gasteiger partial charge in [0.05, 0.1) is 6.10 Å². The van der Waals surface area contributed by atoms with Gasteiger partial charge in [0.25, 0.3) is 0 Å². The van der Waals surface area contributed by atoms with Gasteiger partial charge in [0.15, 0.2) is 0 Å². The average Bonchev–Trinajstić information content (AvgIpc) is 2.82. The molecule has 1 aliphatic carbocycles. The van der Waals surface area contributed by atoms with E-state index in [1.807, 2.05) is 0 Å². The minimum Gasteiger partial charge on any atom is -0.378 e. The van der Waals surface area contributed by atoms with Crippen LogP contribution in [-0.2, 0) is 11.2 Å². The number of benzene rings is 1. The fourth-order valence-electron chi connectivity index (χ4n) is 3.37. The first kappa shape index (κ1) is 12.2. The Labute approximate surface area is 110 Å². The molecule has 2 heteroatoms. The molecule has 3 atom stereocenters. The maximum Gasteiger partial charge on any atom is 0.0613 e. The fraction of sp³-hybridized carbons (Fsp3) is 0.625. The van der Waals surface area contributed by atoms with Gasteiger partial charge in [-0.25, -0.2) is 0 Å². The zero-order valence-electron chi connectivity index (χ0n) is 11.2. The molecule has 0 saturated carbocycles. The maximum atomic E-state index is 5.73. The first-order valence-corrected chi connectivity index (χ1v) is 7.28. The minimum atomic E-state index is 0.492. The molecule has 1 N–H and O–H groups in total. The van der Waals surface area contributed by atoms with E-state index >= 15 is 0 Å². The van der Waals surface area contributed by atoms with E-state index in [9.17, 15) is 0 Å². The molecule has 1 aromatic carbocycles. The Morgan fingerprint density at radius 3 is 3.00 bits per heavy atom. The van der Waals surface area contributed by atoms with Crippen LogP contribution in [0.4, 0.5) is 0 Å². The van der Waals surface area contributed by atoms with Crippen molar-refractivity contribution in [2.75, 3.05) is 19.7 Å². The molecular formula is C16H23NO. The molecule has 0 aromatic heterocycles. The summed E-state index contributed by atoms with van der Waals surface area (Å²) in [5, 5.41) is 3.65. The molecule has 1 saturated heterocycles. The Kier molecular flexibility index (Phi) is 3.67. The van der Waals surface area contributed by atoms with Crippen molar-refractivity contribution in [2.24, 2.45) is 5.92 Å². The summed E-state index contributed by atoms with van der Waals surface area (Å²) < 4.78 is 5.73. The summed E-state index contributed by atoms with van der Waals surface area (Å²) in [6, 6.07) is 8.83. The van der Waals surface area contributed by atoms with Gasteiger partial charge in [0.1, 0.15) is 0 Å². The largest absolute Gasteiger partial charge is 0.378 e. The van der Waals surface area contributed by atoms with Crippen LogP contribution in [0.5, 0.6) is 0 Å². The molecule has 2 aliphatic rings. The van der Waals surface area contributed by atoms with Gasteiger partial charge in [-0.05, 0) is 36.3 Å². The lowest BCUT2D eigenvalue weighted by atomic mass is 9.77. The Hall–Kier alpha value is -0.860. The lowest BCUT2D eigenvalue weighted by Crippen LogP contribution is -2.34. The molecule has 2 nitrogen and oxygen atoms in total. The lowest BCUT2D eigenvalue weighted by Gasteiger charge is -2.31. The van der Waals surface area contributed by atoms with E-state index in [0.717, 1.165) is 38.0 Å². The SMILES string of the molecule is CCC1OCCC1CNCC1Cc2ccccc21. The Morgan fingerprint density at radius 1 is 1.28 bits per heavy atom. The van der Waals surface area contributed by atoms with Crippen molar-refractivity contribution in [3.63, 3.8) is 0 Å². The van der Waals surface area contributed by atoms with E-state index in [-0.39, 0.29) is 0 Å². The molecule has 1 aliphatic heterocycles. The zero-order valence-corrected chi connectivity index (χ0v) is 11.2. The van der Waals surface area contributed by atoms with Gasteiger partial charge >= 0.3 is 0 Å². The maximum absolute atomic E-state index is 5.73. The van der Waals surface area contributed by atoms with Crippen LogP contribution in [0.15, 0.2) is 24.3 Å². The highest BCUT2D eigenvalue weighted by molar-refractivity contribution is 5.40. The molecule has 3 unspecified atom stereocenters. The minimum absolute atomic E-state index is 0.492. The van der Waals surface area contributed by atoms with E-state index < -0.39 is 0 Å². The molecule has 3 rings (SSSR count).